The molecule has 1 aromatic rings. The van der Waals surface area contributed by atoms with E-state index >= 15 is 0 Å². The Morgan fingerprint density at radius 1 is 1.57 bits per heavy atom. The van der Waals surface area contributed by atoms with E-state index in [4.69, 9.17) is 4.74 Å². The van der Waals surface area contributed by atoms with E-state index in [2.05, 4.69) is 15.2 Å². The molecular weight excluding hydrogens is 287 g/mol. The predicted molar refractivity (Wildman–Crippen MR) is 70.0 cm³/mol. The lowest BCUT2D eigenvalue weighted by atomic mass is 10.2. The minimum absolute atomic E-state index is 0.0163. The fourth-order valence-corrected chi connectivity index (χ4v) is 2.20. The molecule has 1 aliphatic rings. The van der Waals surface area contributed by atoms with Crippen molar-refractivity contribution in [1.29, 1.82) is 0 Å². The van der Waals surface area contributed by atoms with Crippen LogP contribution >= 0.6 is 0 Å². The summed E-state index contributed by atoms with van der Waals surface area (Å²) < 4.78 is 42.6. The zero-order chi connectivity index (χ0) is 15.5. The number of hydrogen-bond acceptors (Lipinski definition) is 3. The van der Waals surface area contributed by atoms with Crippen molar-refractivity contribution in [3.8, 4) is 0 Å². The van der Waals surface area contributed by atoms with Crippen LogP contribution in [0.25, 0.3) is 0 Å². The van der Waals surface area contributed by atoms with Gasteiger partial charge in [0.2, 0.25) is 0 Å². The minimum Gasteiger partial charge on any atom is -0.379 e. The molecule has 1 amide bonds. The number of rotatable bonds is 4. The molecule has 2 N–H and O–H groups in total. The molecule has 5 nitrogen and oxygen atoms in total. The molecule has 118 valence electrons. The van der Waals surface area contributed by atoms with Crippen molar-refractivity contribution in [3.05, 3.63) is 23.5 Å². The Balaban J connectivity index is 1.80. The van der Waals surface area contributed by atoms with Gasteiger partial charge in [0.05, 0.1) is 18.8 Å². The maximum Gasteiger partial charge on any atom is 0.431 e. The third kappa shape index (κ3) is 4.21. The lowest BCUT2D eigenvalue weighted by Gasteiger charge is -2.33. The lowest BCUT2D eigenvalue weighted by molar-refractivity contribution is -0.140. The summed E-state index contributed by atoms with van der Waals surface area (Å²) in [5.41, 5.74) is -0.938. The number of ether oxygens (including phenoxy) is 1. The molecular formula is C13H18F3N3O2. The van der Waals surface area contributed by atoms with Gasteiger partial charge < -0.3 is 15.0 Å². The molecule has 1 atom stereocenters. The fraction of sp³-hybridized carbons (Fsp3) is 0.615. The van der Waals surface area contributed by atoms with Crippen LogP contribution < -0.4 is 5.32 Å². The Kier molecular flexibility index (Phi) is 4.89. The smallest absolute Gasteiger partial charge is 0.379 e. The van der Waals surface area contributed by atoms with Crippen molar-refractivity contribution in [2.24, 2.45) is 0 Å². The number of nitrogens with zero attached hydrogens (tertiary/aromatic N) is 1. The highest BCUT2D eigenvalue weighted by molar-refractivity contribution is 5.94. The number of aromatic amines is 1. The van der Waals surface area contributed by atoms with E-state index in [0.717, 1.165) is 18.8 Å². The monoisotopic (exact) mass is 305 g/mol. The lowest BCUT2D eigenvalue weighted by Crippen LogP contribution is -2.46. The van der Waals surface area contributed by atoms with Crippen LogP contribution in [0, 0.1) is 0 Å². The van der Waals surface area contributed by atoms with Crippen molar-refractivity contribution in [3.63, 3.8) is 0 Å². The van der Waals surface area contributed by atoms with Crippen molar-refractivity contribution >= 4 is 5.91 Å². The first kappa shape index (κ1) is 15.8. The molecule has 1 aromatic heterocycles. The van der Waals surface area contributed by atoms with Crippen LogP contribution in [0.5, 0.6) is 0 Å². The molecule has 0 aliphatic carbocycles. The van der Waals surface area contributed by atoms with E-state index in [1.54, 1.807) is 0 Å². The fourth-order valence-electron chi connectivity index (χ4n) is 2.20. The first-order valence-corrected chi connectivity index (χ1v) is 6.73. The summed E-state index contributed by atoms with van der Waals surface area (Å²) in [6, 6.07) is 1.09. The summed E-state index contributed by atoms with van der Waals surface area (Å²) in [5, 5.41) is 2.62. The first-order chi connectivity index (χ1) is 9.88. The molecule has 1 saturated heterocycles. The molecule has 2 rings (SSSR count). The van der Waals surface area contributed by atoms with E-state index in [1.165, 1.54) is 0 Å². The van der Waals surface area contributed by atoms with Gasteiger partial charge in [-0.25, -0.2) is 0 Å². The molecule has 1 unspecified atom stereocenters. The molecule has 1 aliphatic heterocycles. The highest BCUT2D eigenvalue weighted by Gasteiger charge is 2.32. The molecule has 0 aromatic carbocycles. The zero-order valence-electron chi connectivity index (χ0n) is 11.7. The normalized spacial score (nSPS) is 20.5. The first-order valence-electron chi connectivity index (χ1n) is 6.73. The molecule has 8 heteroatoms. The van der Waals surface area contributed by atoms with E-state index < -0.39 is 17.8 Å². The standard InChI is InChI=1S/C13H18F3N3O2/c1-9-8-21-5-4-19(9)3-2-17-12(20)10-6-11(18-7-10)13(14,15)16/h6-7,9,18H,2-5,8H2,1H3,(H,17,20). The van der Waals surface area contributed by atoms with Crippen LogP contribution in [0.3, 0.4) is 0 Å². The SMILES string of the molecule is CC1COCCN1CCNC(=O)c1c[nH]c(C(F)(F)F)c1. The number of aromatic nitrogens is 1. The minimum atomic E-state index is -4.47. The van der Waals surface area contributed by atoms with Gasteiger partial charge in [-0.05, 0) is 13.0 Å². The van der Waals surface area contributed by atoms with Gasteiger partial charge in [-0.2, -0.15) is 13.2 Å². The molecule has 0 bridgehead atoms. The van der Waals surface area contributed by atoms with E-state index in [1.807, 2.05) is 6.92 Å². The molecule has 21 heavy (non-hydrogen) atoms. The largest absolute Gasteiger partial charge is 0.431 e. The van der Waals surface area contributed by atoms with Crippen LogP contribution in [0.1, 0.15) is 23.0 Å². The summed E-state index contributed by atoms with van der Waals surface area (Å²) in [6.07, 6.45) is -3.41. The van der Waals surface area contributed by atoms with Crippen LogP contribution in [0.4, 0.5) is 13.2 Å². The second kappa shape index (κ2) is 6.48. The number of alkyl halides is 3. The van der Waals surface area contributed by atoms with Crippen LogP contribution in [-0.2, 0) is 10.9 Å². The Morgan fingerprint density at radius 2 is 2.33 bits per heavy atom. The van der Waals surface area contributed by atoms with Crippen LogP contribution in [-0.4, -0.2) is 54.7 Å². The predicted octanol–water partition coefficient (Wildman–Crippen LogP) is 1.48. The topological polar surface area (TPSA) is 57.4 Å². The van der Waals surface area contributed by atoms with Crippen molar-refractivity contribution in [1.82, 2.24) is 15.2 Å². The Hall–Kier alpha value is -1.54. The van der Waals surface area contributed by atoms with Gasteiger partial charge in [0, 0.05) is 31.9 Å². The molecule has 0 radical (unpaired) electrons. The van der Waals surface area contributed by atoms with E-state index in [9.17, 15) is 18.0 Å². The third-order valence-corrected chi connectivity index (χ3v) is 3.44. The molecule has 1 fully saturated rings. The second-order valence-corrected chi connectivity index (χ2v) is 5.02. The summed E-state index contributed by atoms with van der Waals surface area (Å²) >= 11 is 0. The average molecular weight is 305 g/mol. The van der Waals surface area contributed by atoms with Crippen LogP contribution in [0.2, 0.25) is 0 Å². The Bertz CT molecular complexity index is 487. The molecule has 0 saturated carbocycles. The van der Waals surface area contributed by atoms with E-state index in [0.29, 0.717) is 26.3 Å². The highest BCUT2D eigenvalue weighted by atomic mass is 19.4. The number of hydrogen-bond donors (Lipinski definition) is 2. The van der Waals surface area contributed by atoms with Gasteiger partial charge in [0.25, 0.3) is 5.91 Å². The average Bonchev–Trinajstić information content (AvgIpc) is 2.90. The number of halogens is 3. The summed E-state index contributed by atoms with van der Waals surface area (Å²) in [6.45, 7) is 5.16. The van der Waals surface area contributed by atoms with Crippen molar-refractivity contribution in [2.45, 2.75) is 19.1 Å². The zero-order valence-corrected chi connectivity index (χ0v) is 11.7. The maximum absolute atomic E-state index is 12.4. The van der Waals surface area contributed by atoms with Gasteiger partial charge in [0.15, 0.2) is 0 Å². The van der Waals surface area contributed by atoms with Crippen molar-refractivity contribution < 1.29 is 22.7 Å². The number of carbonyl (C=O) groups excluding carboxylic acids is 1. The summed E-state index contributed by atoms with van der Waals surface area (Å²) in [7, 11) is 0. The number of amides is 1. The van der Waals surface area contributed by atoms with Gasteiger partial charge in [-0.15, -0.1) is 0 Å². The number of H-pyrrole nitrogens is 1. The van der Waals surface area contributed by atoms with Gasteiger partial charge in [0.1, 0.15) is 5.69 Å². The van der Waals surface area contributed by atoms with Gasteiger partial charge >= 0.3 is 6.18 Å². The number of nitrogens with one attached hydrogen (secondary N) is 2. The van der Waals surface area contributed by atoms with Gasteiger partial charge in [-0.1, -0.05) is 0 Å². The quantitative estimate of drug-likeness (QED) is 0.886. The Labute approximate surface area is 120 Å². The number of carbonyl (C=O) groups is 1. The maximum atomic E-state index is 12.4. The number of morpholine rings is 1. The van der Waals surface area contributed by atoms with Crippen molar-refractivity contribution in [2.75, 3.05) is 32.8 Å². The molecule has 2 heterocycles. The molecule has 0 spiro atoms. The summed E-state index contributed by atoms with van der Waals surface area (Å²) in [4.78, 5) is 16.0. The Morgan fingerprint density at radius 3 is 2.95 bits per heavy atom. The van der Waals surface area contributed by atoms with Crippen LogP contribution in [0.15, 0.2) is 12.3 Å². The van der Waals surface area contributed by atoms with E-state index in [-0.39, 0.29) is 11.6 Å². The second-order valence-electron chi connectivity index (χ2n) is 5.02. The highest BCUT2D eigenvalue weighted by Crippen LogP contribution is 2.28. The summed E-state index contributed by atoms with van der Waals surface area (Å²) in [5.74, 6) is -0.511. The van der Waals surface area contributed by atoms with Gasteiger partial charge in [-0.3, -0.25) is 9.69 Å². The third-order valence-electron chi connectivity index (χ3n) is 3.44.